The first-order chi connectivity index (χ1) is 6.61. The molecule has 15 heavy (non-hydrogen) atoms. The van der Waals surface area contributed by atoms with Gasteiger partial charge in [0.2, 0.25) is 0 Å². The van der Waals surface area contributed by atoms with E-state index in [1.54, 1.807) is 0 Å². The fraction of sp³-hybridized carbons (Fsp3) is 0.500. The Morgan fingerprint density at radius 2 is 2.00 bits per heavy atom. The Morgan fingerprint density at radius 3 is 2.67 bits per heavy atom. The van der Waals surface area contributed by atoms with E-state index in [1.165, 1.54) is 22.3 Å². The van der Waals surface area contributed by atoms with E-state index in [-0.39, 0.29) is 24.6 Å². The van der Waals surface area contributed by atoms with Gasteiger partial charge in [-0.2, -0.15) is 0 Å². The molecule has 1 heterocycles. The minimum absolute atomic E-state index is 0. The predicted molar refractivity (Wildman–Crippen MR) is 64.3 cm³/mol. The number of fused-ring (bicyclic) bond motifs is 1. The Balaban J connectivity index is 0.00000112. The highest BCUT2D eigenvalue weighted by Gasteiger charge is 2.25. The zero-order chi connectivity index (χ0) is 10.3. The van der Waals surface area contributed by atoms with E-state index >= 15 is 0 Å². The largest absolute Gasteiger partial charge is 0.372 e. The van der Waals surface area contributed by atoms with Gasteiger partial charge in [-0.25, -0.2) is 0 Å². The first-order valence-corrected chi connectivity index (χ1v) is 5.07. The normalized spacial score (nSPS) is 24.3. The molecule has 0 amide bonds. The van der Waals surface area contributed by atoms with Crippen molar-refractivity contribution in [1.29, 1.82) is 0 Å². The Kier molecular flexibility index (Phi) is 3.77. The molecule has 2 N–H and O–H groups in total. The van der Waals surface area contributed by atoms with Gasteiger partial charge in [-0.15, -0.1) is 12.4 Å². The minimum Gasteiger partial charge on any atom is -0.372 e. The first kappa shape index (κ1) is 12.5. The van der Waals surface area contributed by atoms with Gasteiger partial charge in [0.15, 0.2) is 0 Å². The van der Waals surface area contributed by atoms with E-state index in [4.69, 9.17) is 10.5 Å². The topological polar surface area (TPSA) is 35.2 Å². The lowest BCUT2D eigenvalue weighted by molar-refractivity contribution is 0.0211. The smallest absolute Gasteiger partial charge is 0.0744 e. The van der Waals surface area contributed by atoms with Gasteiger partial charge in [0, 0.05) is 0 Å². The highest BCUT2D eigenvalue weighted by Crippen LogP contribution is 2.31. The van der Waals surface area contributed by atoms with Crippen LogP contribution in [-0.2, 0) is 11.3 Å². The predicted octanol–water partition coefficient (Wildman–Crippen LogP) is 2.64. The van der Waals surface area contributed by atoms with Crippen LogP contribution in [0.5, 0.6) is 0 Å². The maximum atomic E-state index is 6.13. The zero-order valence-corrected chi connectivity index (χ0v) is 10.2. The van der Waals surface area contributed by atoms with Crippen LogP contribution < -0.4 is 5.73 Å². The molecule has 2 atom stereocenters. The molecule has 0 saturated carbocycles. The molecule has 84 valence electrons. The molecule has 2 rings (SSSR count). The Hall–Kier alpha value is -0.570. The van der Waals surface area contributed by atoms with Crippen LogP contribution in [0, 0.1) is 13.8 Å². The molecule has 0 radical (unpaired) electrons. The summed E-state index contributed by atoms with van der Waals surface area (Å²) in [5.41, 5.74) is 11.3. The molecular formula is C12H18ClNO. The second-order valence-electron chi connectivity index (χ2n) is 4.12. The van der Waals surface area contributed by atoms with Gasteiger partial charge in [-0.05, 0) is 43.0 Å². The average Bonchev–Trinajstić information content (AvgIpc) is 2.17. The second kappa shape index (κ2) is 4.52. The summed E-state index contributed by atoms with van der Waals surface area (Å²) in [6, 6.07) is 4.29. The average molecular weight is 228 g/mol. The van der Waals surface area contributed by atoms with Crippen LogP contribution >= 0.6 is 12.4 Å². The fourth-order valence-electron chi connectivity index (χ4n) is 2.04. The molecule has 1 aliphatic heterocycles. The van der Waals surface area contributed by atoms with Gasteiger partial charge in [-0.3, -0.25) is 0 Å². The van der Waals surface area contributed by atoms with Crippen molar-refractivity contribution in [2.24, 2.45) is 5.73 Å². The quantitative estimate of drug-likeness (QED) is 0.740. The first-order valence-electron chi connectivity index (χ1n) is 5.07. The number of ether oxygens (including phenoxy) is 1. The summed E-state index contributed by atoms with van der Waals surface area (Å²) in [7, 11) is 0. The van der Waals surface area contributed by atoms with E-state index in [9.17, 15) is 0 Å². The molecule has 0 saturated heterocycles. The SMILES string of the molecule is Cc1ccc2c(c1C)C(N)C(C)OC2.Cl. The number of hydrogen-bond acceptors (Lipinski definition) is 2. The molecule has 3 heteroatoms. The lowest BCUT2D eigenvalue weighted by atomic mass is 9.89. The van der Waals surface area contributed by atoms with Crippen LogP contribution in [0.25, 0.3) is 0 Å². The third kappa shape index (κ3) is 2.03. The number of hydrogen-bond donors (Lipinski definition) is 1. The maximum Gasteiger partial charge on any atom is 0.0744 e. The van der Waals surface area contributed by atoms with E-state index in [2.05, 4.69) is 26.0 Å². The number of aryl methyl sites for hydroxylation is 1. The molecule has 2 nitrogen and oxygen atoms in total. The van der Waals surface area contributed by atoms with Gasteiger partial charge in [0.25, 0.3) is 0 Å². The van der Waals surface area contributed by atoms with Crippen LogP contribution in [0.4, 0.5) is 0 Å². The standard InChI is InChI=1S/C12H17NO.ClH/c1-7-4-5-10-6-14-9(3)12(13)11(10)8(7)2;/h4-5,9,12H,6,13H2,1-3H3;1H. The zero-order valence-electron chi connectivity index (χ0n) is 9.41. The van der Waals surface area contributed by atoms with Gasteiger partial charge in [0.1, 0.15) is 0 Å². The molecule has 0 bridgehead atoms. The van der Waals surface area contributed by atoms with Gasteiger partial charge in [-0.1, -0.05) is 12.1 Å². The van der Waals surface area contributed by atoms with Gasteiger partial charge in [0.05, 0.1) is 18.8 Å². The van der Waals surface area contributed by atoms with Crippen molar-refractivity contribution in [2.45, 2.75) is 39.5 Å². The van der Waals surface area contributed by atoms with Crippen molar-refractivity contribution < 1.29 is 4.74 Å². The highest BCUT2D eigenvalue weighted by molar-refractivity contribution is 5.85. The van der Waals surface area contributed by atoms with Crippen molar-refractivity contribution in [2.75, 3.05) is 0 Å². The summed E-state index contributed by atoms with van der Waals surface area (Å²) in [6.07, 6.45) is 0.128. The summed E-state index contributed by atoms with van der Waals surface area (Å²) in [5.74, 6) is 0. The van der Waals surface area contributed by atoms with Crippen LogP contribution in [-0.4, -0.2) is 6.10 Å². The van der Waals surface area contributed by atoms with E-state index in [0.29, 0.717) is 6.61 Å². The number of nitrogens with two attached hydrogens (primary N) is 1. The third-order valence-corrected chi connectivity index (χ3v) is 3.22. The number of halogens is 1. The maximum absolute atomic E-state index is 6.13. The molecule has 0 spiro atoms. The second-order valence-corrected chi connectivity index (χ2v) is 4.12. The van der Waals surface area contributed by atoms with Crippen LogP contribution in [0.2, 0.25) is 0 Å². The van der Waals surface area contributed by atoms with Gasteiger partial charge >= 0.3 is 0 Å². The van der Waals surface area contributed by atoms with Crippen LogP contribution in [0.15, 0.2) is 12.1 Å². The molecule has 0 fully saturated rings. The summed E-state index contributed by atoms with van der Waals surface area (Å²) < 4.78 is 5.59. The Bertz CT molecular complexity index is 365. The van der Waals surface area contributed by atoms with Crippen molar-refractivity contribution >= 4 is 12.4 Å². The minimum atomic E-state index is 0. The molecule has 2 unspecified atom stereocenters. The third-order valence-electron chi connectivity index (χ3n) is 3.22. The summed E-state index contributed by atoms with van der Waals surface area (Å²) in [6.45, 7) is 7.01. The number of benzene rings is 1. The van der Waals surface area contributed by atoms with Crippen molar-refractivity contribution in [3.63, 3.8) is 0 Å². The molecule has 1 aliphatic rings. The van der Waals surface area contributed by atoms with Crippen molar-refractivity contribution in [3.8, 4) is 0 Å². The van der Waals surface area contributed by atoms with E-state index in [0.717, 1.165) is 0 Å². The number of rotatable bonds is 0. The lowest BCUT2D eigenvalue weighted by Crippen LogP contribution is -2.32. The van der Waals surface area contributed by atoms with E-state index < -0.39 is 0 Å². The molecule has 0 aliphatic carbocycles. The molecule has 1 aromatic rings. The monoisotopic (exact) mass is 227 g/mol. The molecular weight excluding hydrogens is 210 g/mol. The van der Waals surface area contributed by atoms with Gasteiger partial charge < -0.3 is 10.5 Å². The summed E-state index contributed by atoms with van der Waals surface area (Å²) >= 11 is 0. The molecule has 1 aromatic carbocycles. The summed E-state index contributed by atoms with van der Waals surface area (Å²) in [5, 5.41) is 0. The lowest BCUT2D eigenvalue weighted by Gasteiger charge is -2.30. The van der Waals surface area contributed by atoms with Crippen molar-refractivity contribution in [1.82, 2.24) is 0 Å². The Morgan fingerprint density at radius 1 is 1.33 bits per heavy atom. The van der Waals surface area contributed by atoms with Crippen LogP contribution in [0.3, 0.4) is 0 Å². The molecule has 0 aromatic heterocycles. The fourth-order valence-corrected chi connectivity index (χ4v) is 2.04. The van der Waals surface area contributed by atoms with E-state index in [1.807, 2.05) is 6.92 Å². The van der Waals surface area contributed by atoms with Crippen LogP contribution in [0.1, 0.15) is 35.2 Å². The van der Waals surface area contributed by atoms with Crippen molar-refractivity contribution in [3.05, 3.63) is 34.4 Å². The highest BCUT2D eigenvalue weighted by atomic mass is 35.5. The summed E-state index contributed by atoms with van der Waals surface area (Å²) in [4.78, 5) is 0. The Labute approximate surface area is 97.2 Å².